The highest BCUT2D eigenvalue weighted by Gasteiger charge is 2.30. The van der Waals surface area contributed by atoms with E-state index in [-0.39, 0.29) is 17.0 Å². The molecular weight excluding hydrogens is 316 g/mol. The number of hydrogen-bond donors (Lipinski definition) is 2. The van der Waals surface area contributed by atoms with Crippen LogP contribution in [-0.4, -0.2) is 45.4 Å². The minimum Gasteiger partial charge on any atom is -0.490 e. The lowest BCUT2D eigenvalue weighted by atomic mass is 10.1. The van der Waals surface area contributed by atoms with Gasteiger partial charge < -0.3 is 14.7 Å². The van der Waals surface area contributed by atoms with Crippen LogP contribution in [0.4, 0.5) is 5.69 Å². The van der Waals surface area contributed by atoms with Crippen molar-refractivity contribution in [2.24, 2.45) is 5.92 Å². The van der Waals surface area contributed by atoms with Crippen molar-refractivity contribution in [3.63, 3.8) is 0 Å². The summed E-state index contributed by atoms with van der Waals surface area (Å²) in [4.78, 5) is 2.23. The summed E-state index contributed by atoms with van der Waals surface area (Å²) in [5.41, 5.74) is 0.887. The lowest BCUT2D eigenvalue weighted by Gasteiger charge is -2.19. The van der Waals surface area contributed by atoms with Crippen LogP contribution < -0.4 is 14.4 Å². The second-order valence-corrected chi connectivity index (χ2v) is 8.46. The number of nitrogens with one attached hydrogen (secondary N) is 1. The standard InChI is InChI=1S/C16H24N2O4S/c1-11(2)7-12-10-22-15-8-13(18-6-5-14(19)9-18)3-4-16(15)23(20,21)17-12/h3-4,8,11-12,14,17,19H,5-7,9-10H2,1-2H3/t12-,14+/m0/s1. The minimum absolute atomic E-state index is 0.187. The molecule has 0 radical (unpaired) electrons. The highest BCUT2D eigenvalue weighted by molar-refractivity contribution is 7.89. The van der Waals surface area contributed by atoms with Gasteiger partial charge in [0.05, 0.1) is 12.1 Å². The fourth-order valence-electron chi connectivity index (χ4n) is 3.20. The quantitative estimate of drug-likeness (QED) is 0.868. The highest BCUT2D eigenvalue weighted by Crippen LogP contribution is 2.33. The monoisotopic (exact) mass is 340 g/mol. The Morgan fingerprint density at radius 2 is 2.22 bits per heavy atom. The minimum atomic E-state index is -3.57. The molecule has 3 rings (SSSR count). The molecule has 7 heteroatoms. The summed E-state index contributed by atoms with van der Waals surface area (Å²) in [5, 5.41) is 9.67. The van der Waals surface area contributed by atoms with Crippen molar-refractivity contribution >= 4 is 15.7 Å². The maximum Gasteiger partial charge on any atom is 0.244 e. The number of aliphatic hydroxyl groups is 1. The Balaban J connectivity index is 1.87. The highest BCUT2D eigenvalue weighted by atomic mass is 32.2. The summed E-state index contributed by atoms with van der Waals surface area (Å²) in [7, 11) is -3.57. The van der Waals surface area contributed by atoms with E-state index in [1.54, 1.807) is 18.2 Å². The first-order valence-electron chi connectivity index (χ1n) is 8.07. The molecule has 0 bridgehead atoms. The third-order valence-corrected chi connectivity index (χ3v) is 5.82. The van der Waals surface area contributed by atoms with Gasteiger partial charge in [-0.1, -0.05) is 13.8 Å². The first-order valence-corrected chi connectivity index (χ1v) is 9.55. The van der Waals surface area contributed by atoms with Crippen LogP contribution >= 0.6 is 0 Å². The van der Waals surface area contributed by atoms with Crippen LogP contribution in [0.25, 0.3) is 0 Å². The van der Waals surface area contributed by atoms with Gasteiger partial charge in [-0.05, 0) is 30.9 Å². The van der Waals surface area contributed by atoms with E-state index in [0.29, 0.717) is 24.8 Å². The summed E-state index contributed by atoms with van der Waals surface area (Å²) >= 11 is 0. The average molecular weight is 340 g/mol. The number of ether oxygens (including phenoxy) is 1. The van der Waals surface area contributed by atoms with Crippen molar-refractivity contribution in [1.29, 1.82) is 0 Å². The molecule has 2 atom stereocenters. The zero-order valence-corrected chi connectivity index (χ0v) is 14.3. The fourth-order valence-corrected chi connectivity index (χ4v) is 4.56. The van der Waals surface area contributed by atoms with Crippen LogP contribution in [0.15, 0.2) is 23.1 Å². The summed E-state index contributed by atoms with van der Waals surface area (Å²) in [6.45, 7) is 5.78. The number of β-amino-alcohol motifs (C(OH)–C–C–N with tert-alkyl or cyclic N) is 1. The summed E-state index contributed by atoms with van der Waals surface area (Å²) in [6, 6.07) is 4.92. The summed E-state index contributed by atoms with van der Waals surface area (Å²) < 4.78 is 33.6. The molecule has 0 amide bonds. The first kappa shape index (κ1) is 16.5. The van der Waals surface area contributed by atoms with E-state index >= 15 is 0 Å². The number of benzene rings is 1. The molecule has 1 aromatic rings. The van der Waals surface area contributed by atoms with Gasteiger partial charge in [0.25, 0.3) is 0 Å². The van der Waals surface area contributed by atoms with E-state index in [4.69, 9.17) is 4.74 Å². The van der Waals surface area contributed by atoms with E-state index in [1.165, 1.54) is 0 Å². The van der Waals surface area contributed by atoms with E-state index in [1.807, 2.05) is 4.90 Å². The first-order chi connectivity index (χ1) is 10.8. The molecule has 2 heterocycles. The normalized spacial score (nSPS) is 26.7. The molecule has 1 aromatic carbocycles. The van der Waals surface area contributed by atoms with Gasteiger partial charge in [-0.25, -0.2) is 13.1 Å². The molecular formula is C16H24N2O4S. The van der Waals surface area contributed by atoms with Crippen molar-refractivity contribution in [3.05, 3.63) is 18.2 Å². The predicted octanol–water partition coefficient (Wildman–Crippen LogP) is 1.34. The van der Waals surface area contributed by atoms with Gasteiger partial charge in [-0.15, -0.1) is 0 Å². The van der Waals surface area contributed by atoms with Gasteiger partial charge in [0.2, 0.25) is 10.0 Å². The lowest BCUT2D eigenvalue weighted by Crippen LogP contribution is -2.37. The van der Waals surface area contributed by atoms with Gasteiger partial charge in [0.15, 0.2) is 0 Å². The zero-order chi connectivity index (χ0) is 16.6. The number of nitrogens with zero attached hydrogens (tertiary/aromatic N) is 1. The Labute approximate surface area is 137 Å². The van der Waals surface area contributed by atoms with Gasteiger partial charge in [-0.3, -0.25) is 0 Å². The van der Waals surface area contributed by atoms with Crippen molar-refractivity contribution < 1.29 is 18.3 Å². The number of rotatable bonds is 3. The zero-order valence-electron chi connectivity index (χ0n) is 13.5. The molecule has 2 N–H and O–H groups in total. The van der Waals surface area contributed by atoms with E-state index in [2.05, 4.69) is 18.6 Å². The van der Waals surface area contributed by atoms with E-state index < -0.39 is 10.0 Å². The Morgan fingerprint density at radius 1 is 1.43 bits per heavy atom. The van der Waals surface area contributed by atoms with Crippen LogP contribution in [0.5, 0.6) is 5.75 Å². The second-order valence-electron chi connectivity index (χ2n) is 6.78. The SMILES string of the molecule is CC(C)C[C@H]1COc2cc(N3CC[C@@H](O)C3)ccc2S(=O)(=O)N1. The molecule has 1 saturated heterocycles. The largest absolute Gasteiger partial charge is 0.490 e. The van der Waals surface area contributed by atoms with E-state index in [0.717, 1.165) is 25.1 Å². The number of aliphatic hydroxyl groups excluding tert-OH is 1. The van der Waals surface area contributed by atoms with Gasteiger partial charge in [-0.2, -0.15) is 0 Å². The van der Waals surface area contributed by atoms with Crippen molar-refractivity contribution in [1.82, 2.24) is 4.72 Å². The Morgan fingerprint density at radius 3 is 2.87 bits per heavy atom. The molecule has 128 valence electrons. The second kappa shape index (κ2) is 6.30. The molecule has 0 saturated carbocycles. The molecule has 6 nitrogen and oxygen atoms in total. The smallest absolute Gasteiger partial charge is 0.244 e. The third kappa shape index (κ3) is 3.62. The van der Waals surface area contributed by atoms with Crippen LogP contribution in [0.3, 0.4) is 0 Å². The van der Waals surface area contributed by atoms with E-state index in [9.17, 15) is 13.5 Å². The van der Waals surface area contributed by atoms with Crippen LogP contribution in [-0.2, 0) is 10.0 Å². The number of fused-ring (bicyclic) bond motifs is 1. The van der Waals surface area contributed by atoms with Crippen LogP contribution in [0.2, 0.25) is 0 Å². The molecule has 0 aromatic heterocycles. The number of anilines is 1. The summed E-state index contributed by atoms with van der Waals surface area (Å²) in [5.74, 6) is 0.775. The van der Waals surface area contributed by atoms with Gasteiger partial charge in [0.1, 0.15) is 17.3 Å². The molecule has 0 spiro atoms. The van der Waals surface area contributed by atoms with Crippen molar-refractivity contribution in [2.45, 2.75) is 43.7 Å². The predicted molar refractivity (Wildman–Crippen MR) is 88.3 cm³/mol. The molecule has 2 aliphatic heterocycles. The maximum absolute atomic E-state index is 12.5. The Hall–Kier alpha value is -1.31. The molecule has 2 aliphatic rings. The van der Waals surface area contributed by atoms with Gasteiger partial charge in [0, 0.05) is 24.8 Å². The Bertz CT molecular complexity index is 675. The Kier molecular flexibility index (Phi) is 4.53. The van der Waals surface area contributed by atoms with Crippen LogP contribution in [0.1, 0.15) is 26.7 Å². The topological polar surface area (TPSA) is 78.9 Å². The van der Waals surface area contributed by atoms with Crippen LogP contribution in [0, 0.1) is 5.92 Å². The summed E-state index contributed by atoms with van der Waals surface area (Å²) in [6.07, 6.45) is 1.14. The lowest BCUT2D eigenvalue weighted by molar-refractivity contribution is 0.198. The molecule has 1 fully saturated rings. The number of hydrogen-bond acceptors (Lipinski definition) is 5. The third-order valence-electron chi connectivity index (χ3n) is 4.26. The molecule has 0 unspecified atom stereocenters. The number of sulfonamides is 1. The molecule has 23 heavy (non-hydrogen) atoms. The van der Waals surface area contributed by atoms with Crippen molar-refractivity contribution in [2.75, 3.05) is 24.6 Å². The average Bonchev–Trinajstić information content (AvgIpc) is 2.85. The van der Waals surface area contributed by atoms with Gasteiger partial charge >= 0.3 is 0 Å². The fraction of sp³-hybridized carbons (Fsp3) is 0.625. The molecule has 0 aliphatic carbocycles. The van der Waals surface area contributed by atoms with Crippen molar-refractivity contribution in [3.8, 4) is 5.75 Å². The maximum atomic E-state index is 12.5.